The first-order valence-electron chi connectivity index (χ1n) is 7.19. The van der Waals surface area contributed by atoms with Gasteiger partial charge in [-0.1, -0.05) is 19.9 Å². The summed E-state index contributed by atoms with van der Waals surface area (Å²) in [6.45, 7) is 3.80. The molecule has 1 aromatic rings. The molecule has 0 bridgehead atoms. The Morgan fingerprint density at radius 2 is 1.83 bits per heavy atom. The van der Waals surface area contributed by atoms with Crippen molar-refractivity contribution in [3.8, 4) is 5.75 Å². The van der Waals surface area contributed by atoms with Crippen LogP contribution in [-0.4, -0.2) is 36.6 Å². The Kier molecular flexibility index (Phi) is 5.86. The third-order valence-corrected chi connectivity index (χ3v) is 3.67. The highest BCUT2D eigenvalue weighted by Gasteiger charge is 2.62. The van der Waals surface area contributed by atoms with Crippen LogP contribution in [-0.2, 0) is 14.9 Å². The molecule has 0 heterocycles. The van der Waals surface area contributed by atoms with Crippen LogP contribution in [0.5, 0.6) is 5.75 Å². The van der Waals surface area contributed by atoms with E-state index in [1.54, 1.807) is 0 Å². The minimum absolute atomic E-state index is 0.0217. The summed E-state index contributed by atoms with van der Waals surface area (Å²) in [6.07, 6.45) is -6.24. The molecule has 24 heavy (non-hydrogen) atoms. The van der Waals surface area contributed by atoms with Crippen molar-refractivity contribution in [1.82, 2.24) is 0 Å². The van der Waals surface area contributed by atoms with Crippen LogP contribution in [0, 0.1) is 5.82 Å². The van der Waals surface area contributed by atoms with Crippen LogP contribution in [0.4, 0.5) is 17.6 Å². The van der Waals surface area contributed by atoms with Crippen LogP contribution < -0.4 is 4.74 Å². The fraction of sp³-hybridized carbons (Fsp3) is 0.562. The maximum atomic E-state index is 13.3. The minimum atomic E-state index is -5.23. The zero-order chi connectivity index (χ0) is 18.8. The quantitative estimate of drug-likeness (QED) is 0.630. The summed E-state index contributed by atoms with van der Waals surface area (Å²) in [6, 6.07) is 3.35. The van der Waals surface area contributed by atoms with Crippen molar-refractivity contribution in [3.63, 3.8) is 0 Å². The molecule has 1 aromatic carbocycles. The summed E-state index contributed by atoms with van der Waals surface area (Å²) >= 11 is 0. The summed E-state index contributed by atoms with van der Waals surface area (Å²) in [5.41, 5.74) is -4.83. The van der Waals surface area contributed by atoms with Crippen molar-refractivity contribution in [3.05, 3.63) is 29.6 Å². The van der Waals surface area contributed by atoms with Gasteiger partial charge in [0.15, 0.2) is 0 Å². The highest BCUT2D eigenvalue weighted by atomic mass is 19.4. The van der Waals surface area contributed by atoms with E-state index < -0.39 is 35.4 Å². The van der Waals surface area contributed by atoms with Gasteiger partial charge in [-0.15, -0.1) is 0 Å². The number of methoxy groups -OCH3 is 1. The van der Waals surface area contributed by atoms with Gasteiger partial charge in [0.05, 0.1) is 13.7 Å². The van der Waals surface area contributed by atoms with Crippen molar-refractivity contribution in [2.75, 3.05) is 13.7 Å². The molecule has 0 saturated carbocycles. The maximum absolute atomic E-state index is 13.3. The molecule has 1 N–H and O–H groups in total. The van der Waals surface area contributed by atoms with Gasteiger partial charge >= 0.3 is 12.1 Å². The van der Waals surface area contributed by atoms with E-state index >= 15 is 0 Å². The number of alkyl halides is 3. The molecule has 0 spiro atoms. The molecule has 0 fully saturated rings. The second-order valence-electron chi connectivity index (χ2n) is 5.98. The number of hydrogen-bond acceptors (Lipinski definition) is 4. The van der Waals surface area contributed by atoms with Gasteiger partial charge in [0.2, 0.25) is 0 Å². The first-order valence-corrected chi connectivity index (χ1v) is 7.19. The summed E-state index contributed by atoms with van der Waals surface area (Å²) in [5, 5.41) is 10.0. The van der Waals surface area contributed by atoms with Crippen LogP contribution in [0.1, 0.15) is 32.8 Å². The standard InChI is InChI=1S/C16H20F4O4/c1-5-24-13(21)15(22,16(18,19)20)9-14(2,3)11-7-6-10(17)8-12(11)23-4/h6-8,22H,5,9H2,1-4H3. The average molecular weight is 352 g/mol. The second kappa shape index (κ2) is 6.96. The van der Waals surface area contributed by atoms with Crippen molar-refractivity contribution < 1.29 is 36.9 Å². The van der Waals surface area contributed by atoms with Crippen molar-refractivity contribution in [2.24, 2.45) is 0 Å². The zero-order valence-corrected chi connectivity index (χ0v) is 13.8. The third kappa shape index (κ3) is 3.98. The predicted molar refractivity (Wildman–Crippen MR) is 78.2 cm³/mol. The van der Waals surface area contributed by atoms with Crippen molar-refractivity contribution in [2.45, 2.75) is 44.4 Å². The summed E-state index contributed by atoms with van der Waals surface area (Å²) in [5.74, 6) is -2.37. The Morgan fingerprint density at radius 3 is 2.29 bits per heavy atom. The molecule has 1 atom stereocenters. The second-order valence-corrected chi connectivity index (χ2v) is 5.98. The van der Waals surface area contributed by atoms with E-state index in [9.17, 15) is 27.5 Å². The minimum Gasteiger partial charge on any atom is -0.496 e. The van der Waals surface area contributed by atoms with E-state index in [1.807, 2.05) is 0 Å². The Bertz CT molecular complexity index is 598. The van der Waals surface area contributed by atoms with Crippen LogP contribution in [0.2, 0.25) is 0 Å². The van der Waals surface area contributed by atoms with E-state index in [2.05, 4.69) is 4.74 Å². The highest BCUT2D eigenvalue weighted by Crippen LogP contribution is 2.44. The number of carbonyl (C=O) groups is 1. The number of aliphatic hydroxyl groups is 1. The lowest BCUT2D eigenvalue weighted by Crippen LogP contribution is -2.55. The van der Waals surface area contributed by atoms with Gasteiger partial charge in [-0.05, 0) is 18.4 Å². The number of rotatable bonds is 6. The molecule has 8 heteroatoms. The molecular formula is C16H20F4O4. The Morgan fingerprint density at radius 1 is 1.25 bits per heavy atom. The molecule has 1 rings (SSSR count). The number of esters is 1. The van der Waals surface area contributed by atoms with Gasteiger partial charge in [-0.3, -0.25) is 0 Å². The predicted octanol–water partition coefficient (Wildman–Crippen LogP) is 3.36. The van der Waals surface area contributed by atoms with Gasteiger partial charge in [-0.2, -0.15) is 13.2 Å². The highest BCUT2D eigenvalue weighted by molar-refractivity contribution is 5.80. The molecule has 4 nitrogen and oxygen atoms in total. The number of ether oxygens (including phenoxy) is 2. The van der Waals surface area contributed by atoms with Crippen molar-refractivity contribution in [1.29, 1.82) is 0 Å². The first kappa shape index (κ1) is 20.2. The van der Waals surface area contributed by atoms with Crippen LogP contribution >= 0.6 is 0 Å². The Hall–Kier alpha value is -1.83. The number of carbonyl (C=O) groups excluding carboxylic acids is 1. The summed E-state index contributed by atoms with van der Waals surface area (Å²) < 4.78 is 62.7. The van der Waals surface area contributed by atoms with Crippen LogP contribution in [0.15, 0.2) is 18.2 Å². The van der Waals surface area contributed by atoms with Gasteiger partial charge < -0.3 is 14.6 Å². The Labute approximate surface area is 137 Å². The van der Waals surface area contributed by atoms with Crippen LogP contribution in [0.3, 0.4) is 0 Å². The first-order chi connectivity index (χ1) is 10.9. The SMILES string of the molecule is CCOC(=O)C(O)(CC(C)(C)c1ccc(F)cc1OC)C(F)(F)F. The molecule has 0 aliphatic carbocycles. The summed E-state index contributed by atoms with van der Waals surface area (Å²) in [7, 11) is 1.25. The normalized spacial score (nSPS) is 14.9. The molecule has 1 unspecified atom stereocenters. The molecule has 0 aliphatic rings. The zero-order valence-electron chi connectivity index (χ0n) is 13.8. The largest absolute Gasteiger partial charge is 0.496 e. The monoisotopic (exact) mass is 352 g/mol. The van der Waals surface area contributed by atoms with Crippen molar-refractivity contribution >= 4 is 5.97 Å². The molecule has 0 saturated heterocycles. The lowest BCUT2D eigenvalue weighted by atomic mass is 9.74. The van der Waals surface area contributed by atoms with E-state index in [-0.39, 0.29) is 17.9 Å². The van der Waals surface area contributed by atoms with Gasteiger partial charge in [-0.25, -0.2) is 9.18 Å². The van der Waals surface area contributed by atoms with Gasteiger partial charge in [0.25, 0.3) is 5.60 Å². The fourth-order valence-electron chi connectivity index (χ4n) is 2.50. The van der Waals surface area contributed by atoms with Crippen LogP contribution in [0.25, 0.3) is 0 Å². The number of benzene rings is 1. The third-order valence-electron chi connectivity index (χ3n) is 3.67. The molecule has 0 aliphatic heterocycles. The van der Waals surface area contributed by atoms with Gasteiger partial charge in [0, 0.05) is 18.1 Å². The molecule has 136 valence electrons. The fourth-order valence-corrected chi connectivity index (χ4v) is 2.50. The lowest BCUT2D eigenvalue weighted by molar-refractivity contribution is -0.267. The molecule has 0 aromatic heterocycles. The smallest absolute Gasteiger partial charge is 0.428 e. The lowest BCUT2D eigenvalue weighted by Gasteiger charge is -2.36. The van der Waals surface area contributed by atoms with E-state index in [0.717, 1.165) is 12.1 Å². The topological polar surface area (TPSA) is 55.8 Å². The average Bonchev–Trinajstić information content (AvgIpc) is 2.45. The molecule has 0 amide bonds. The number of hydrogen-bond donors (Lipinski definition) is 1. The van der Waals surface area contributed by atoms with Gasteiger partial charge in [0.1, 0.15) is 11.6 Å². The van der Waals surface area contributed by atoms with E-state index in [1.165, 1.54) is 33.9 Å². The molecular weight excluding hydrogens is 332 g/mol. The molecule has 0 radical (unpaired) electrons. The number of halogens is 4. The summed E-state index contributed by atoms with van der Waals surface area (Å²) in [4.78, 5) is 11.7. The van der Waals surface area contributed by atoms with E-state index in [0.29, 0.717) is 0 Å². The maximum Gasteiger partial charge on any atom is 0.428 e. The van der Waals surface area contributed by atoms with E-state index in [4.69, 9.17) is 4.74 Å². The Balaban J connectivity index is 3.33.